The Hall–Kier alpha value is -2.36. The van der Waals surface area contributed by atoms with Gasteiger partial charge in [0.05, 0.1) is 9.91 Å². The molecule has 0 N–H and O–H groups in total. The van der Waals surface area contributed by atoms with Gasteiger partial charge in [0.1, 0.15) is 11.6 Å². The highest BCUT2D eigenvalue weighted by Crippen LogP contribution is 2.46. The number of hydrogen-bond acceptors (Lipinski definition) is 2. The van der Waals surface area contributed by atoms with Gasteiger partial charge in [-0.15, -0.1) is 11.3 Å². The monoisotopic (exact) mass is 368 g/mol. The molecule has 1 atom stereocenters. The SMILES string of the molecule is C=C1C(Cl)=C(c2cccs2)Oc2ccccc2C1c1ccc(F)cc1. The lowest BCUT2D eigenvalue weighted by Crippen LogP contribution is -2.04. The average Bonchev–Trinajstić information content (AvgIpc) is 3.13. The van der Waals surface area contributed by atoms with E-state index in [1.54, 1.807) is 23.5 Å². The maximum absolute atomic E-state index is 13.4. The van der Waals surface area contributed by atoms with Gasteiger partial charge in [-0.05, 0) is 40.8 Å². The molecular formula is C21H14ClFOS. The van der Waals surface area contributed by atoms with Gasteiger partial charge in [-0.3, -0.25) is 0 Å². The van der Waals surface area contributed by atoms with E-state index in [1.807, 2.05) is 41.8 Å². The summed E-state index contributed by atoms with van der Waals surface area (Å²) in [4.78, 5) is 0.945. The Kier molecular flexibility index (Phi) is 4.20. The number of rotatable bonds is 2. The van der Waals surface area contributed by atoms with E-state index in [4.69, 9.17) is 16.3 Å². The largest absolute Gasteiger partial charge is 0.454 e. The van der Waals surface area contributed by atoms with Crippen LogP contribution in [0, 0.1) is 5.82 Å². The number of hydrogen-bond donors (Lipinski definition) is 0. The molecule has 0 bridgehead atoms. The molecule has 0 saturated heterocycles. The minimum Gasteiger partial charge on any atom is -0.454 e. The van der Waals surface area contributed by atoms with E-state index in [2.05, 4.69) is 6.58 Å². The van der Waals surface area contributed by atoms with Crippen molar-refractivity contribution >= 4 is 28.7 Å². The second-order valence-electron chi connectivity index (χ2n) is 5.77. The van der Waals surface area contributed by atoms with Crippen LogP contribution in [-0.4, -0.2) is 0 Å². The molecule has 2 heterocycles. The number of thiophene rings is 1. The van der Waals surface area contributed by atoms with E-state index in [-0.39, 0.29) is 11.7 Å². The van der Waals surface area contributed by atoms with Crippen molar-refractivity contribution in [2.24, 2.45) is 0 Å². The quantitative estimate of drug-likeness (QED) is 0.496. The fraction of sp³-hybridized carbons (Fsp3) is 0.0476. The second kappa shape index (κ2) is 6.51. The lowest BCUT2D eigenvalue weighted by Gasteiger charge is -2.19. The topological polar surface area (TPSA) is 9.23 Å². The van der Waals surface area contributed by atoms with Gasteiger partial charge in [0.2, 0.25) is 0 Å². The first-order valence-electron chi connectivity index (χ1n) is 7.80. The molecule has 2 aromatic carbocycles. The van der Waals surface area contributed by atoms with Crippen molar-refractivity contribution in [3.63, 3.8) is 0 Å². The fourth-order valence-corrected chi connectivity index (χ4v) is 4.05. The molecule has 1 nitrogen and oxygen atoms in total. The summed E-state index contributed by atoms with van der Waals surface area (Å²) in [6.07, 6.45) is 0. The van der Waals surface area contributed by atoms with Crippen LogP contribution in [0.2, 0.25) is 0 Å². The van der Waals surface area contributed by atoms with E-state index in [0.717, 1.165) is 27.3 Å². The highest BCUT2D eigenvalue weighted by atomic mass is 35.5. The van der Waals surface area contributed by atoms with Crippen molar-refractivity contribution in [2.75, 3.05) is 0 Å². The van der Waals surface area contributed by atoms with Crippen molar-refractivity contribution in [3.05, 3.63) is 105 Å². The molecule has 1 aliphatic heterocycles. The molecule has 4 rings (SSSR count). The van der Waals surface area contributed by atoms with Gasteiger partial charge < -0.3 is 4.74 Å². The first kappa shape index (κ1) is 16.1. The van der Waals surface area contributed by atoms with E-state index in [9.17, 15) is 4.39 Å². The third-order valence-electron chi connectivity index (χ3n) is 4.22. The summed E-state index contributed by atoms with van der Waals surface area (Å²) in [5.74, 6) is 0.881. The molecule has 25 heavy (non-hydrogen) atoms. The fourth-order valence-electron chi connectivity index (χ4n) is 3.03. The predicted octanol–water partition coefficient (Wildman–Crippen LogP) is 6.58. The first-order chi connectivity index (χ1) is 12.1. The summed E-state index contributed by atoms with van der Waals surface area (Å²) in [7, 11) is 0. The van der Waals surface area contributed by atoms with Crippen LogP contribution in [0.15, 0.2) is 83.2 Å². The number of halogens is 2. The van der Waals surface area contributed by atoms with Crippen LogP contribution in [0.4, 0.5) is 4.39 Å². The van der Waals surface area contributed by atoms with Crippen molar-refractivity contribution in [1.29, 1.82) is 0 Å². The van der Waals surface area contributed by atoms with Gasteiger partial charge >= 0.3 is 0 Å². The van der Waals surface area contributed by atoms with Crippen molar-refractivity contribution in [3.8, 4) is 5.75 Å². The number of ether oxygens (including phenoxy) is 1. The zero-order valence-electron chi connectivity index (χ0n) is 13.2. The molecule has 0 saturated carbocycles. The van der Waals surface area contributed by atoms with Crippen LogP contribution in [-0.2, 0) is 0 Å². The van der Waals surface area contributed by atoms with E-state index in [0.29, 0.717) is 10.8 Å². The number of benzene rings is 2. The summed E-state index contributed by atoms with van der Waals surface area (Å²) in [5.41, 5.74) is 2.62. The maximum atomic E-state index is 13.4. The van der Waals surface area contributed by atoms with Gasteiger partial charge in [0, 0.05) is 11.5 Å². The van der Waals surface area contributed by atoms with Crippen LogP contribution in [0.3, 0.4) is 0 Å². The van der Waals surface area contributed by atoms with E-state index < -0.39 is 0 Å². The van der Waals surface area contributed by atoms with Crippen LogP contribution in [0.5, 0.6) is 5.75 Å². The van der Waals surface area contributed by atoms with Gasteiger partial charge in [0.25, 0.3) is 0 Å². The lowest BCUT2D eigenvalue weighted by atomic mass is 9.85. The average molecular weight is 369 g/mol. The highest BCUT2D eigenvalue weighted by molar-refractivity contribution is 7.11. The van der Waals surface area contributed by atoms with Crippen LogP contribution in [0.1, 0.15) is 21.9 Å². The van der Waals surface area contributed by atoms with E-state index >= 15 is 0 Å². The Bertz CT molecular complexity index is 958. The van der Waals surface area contributed by atoms with E-state index in [1.165, 1.54) is 12.1 Å². The molecule has 4 heteroatoms. The summed E-state index contributed by atoms with van der Waals surface area (Å²) in [6.45, 7) is 4.24. The Labute approximate surface area is 154 Å². The van der Waals surface area contributed by atoms with Gasteiger partial charge in [-0.1, -0.05) is 54.6 Å². The van der Waals surface area contributed by atoms with Gasteiger partial charge in [-0.25, -0.2) is 4.39 Å². The normalized spacial score (nSPS) is 17.0. The highest BCUT2D eigenvalue weighted by Gasteiger charge is 2.29. The minimum absolute atomic E-state index is 0.193. The summed E-state index contributed by atoms with van der Waals surface area (Å²) in [6, 6.07) is 18.2. The number of allylic oxidation sites excluding steroid dienone is 2. The van der Waals surface area contributed by atoms with Crippen molar-refractivity contribution < 1.29 is 9.13 Å². The number of para-hydroxylation sites is 1. The molecule has 1 aromatic heterocycles. The van der Waals surface area contributed by atoms with Crippen molar-refractivity contribution in [1.82, 2.24) is 0 Å². The molecule has 0 spiro atoms. The maximum Gasteiger partial charge on any atom is 0.163 e. The standard InChI is InChI=1S/C21H14ClFOS/c1-13-19(14-8-10-15(23)11-9-14)16-5-2-3-6-17(16)24-21(20(13)22)18-7-4-12-25-18/h2-12,19H,1H2. The summed E-state index contributed by atoms with van der Waals surface area (Å²) >= 11 is 8.24. The molecule has 124 valence electrons. The summed E-state index contributed by atoms with van der Waals surface area (Å²) in [5, 5.41) is 2.47. The molecule has 3 aromatic rings. The number of fused-ring (bicyclic) bond motifs is 1. The molecule has 1 aliphatic rings. The first-order valence-corrected chi connectivity index (χ1v) is 9.06. The lowest BCUT2D eigenvalue weighted by molar-refractivity contribution is 0.512. The Balaban J connectivity index is 1.92. The molecule has 1 unspecified atom stereocenters. The molecule has 0 fully saturated rings. The van der Waals surface area contributed by atoms with Gasteiger partial charge in [-0.2, -0.15) is 0 Å². The van der Waals surface area contributed by atoms with Crippen LogP contribution < -0.4 is 4.74 Å². The minimum atomic E-state index is -0.270. The molecular weight excluding hydrogens is 355 g/mol. The third kappa shape index (κ3) is 2.90. The Morgan fingerprint density at radius 1 is 1.00 bits per heavy atom. The zero-order chi connectivity index (χ0) is 17.4. The third-order valence-corrected chi connectivity index (χ3v) is 5.50. The van der Waals surface area contributed by atoms with Gasteiger partial charge in [0.15, 0.2) is 5.76 Å². The van der Waals surface area contributed by atoms with Crippen LogP contribution >= 0.6 is 22.9 Å². The summed E-state index contributed by atoms with van der Waals surface area (Å²) < 4.78 is 19.6. The zero-order valence-corrected chi connectivity index (χ0v) is 14.8. The predicted molar refractivity (Wildman–Crippen MR) is 102 cm³/mol. The van der Waals surface area contributed by atoms with Crippen molar-refractivity contribution in [2.45, 2.75) is 5.92 Å². The molecule has 0 aliphatic carbocycles. The Morgan fingerprint density at radius 2 is 1.76 bits per heavy atom. The molecule has 0 amide bonds. The second-order valence-corrected chi connectivity index (χ2v) is 7.10. The smallest absolute Gasteiger partial charge is 0.163 e. The Morgan fingerprint density at radius 3 is 2.48 bits per heavy atom. The molecule has 0 radical (unpaired) electrons. The van der Waals surface area contributed by atoms with Crippen LogP contribution in [0.25, 0.3) is 5.76 Å².